The Morgan fingerprint density at radius 1 is 0.750 bits per heavy atom. The van der Waals surface area contributed by atoms with Crippen molar-refractivity contribution in [3.05, 3.63) is 59.2 Å². The fourth-order valence-corrected chi connectivity index (χ4v) is 6.30. The Hall–Kier alpha value is -1.88. The summed E-state index contributed by atoms with van der Waals surface area (Å²) in [5, 5.41) is 0. The van der Waals surface area contributed by atoms with Gasteiger partial charge >= 0.3 is 0 Å². The van der Waals surface area contributed by atoms with Crippen LogP contribution < -0.4 is 0 Å². The molecule has 2 aromatic carbocycles. The zero-order valence-electron chi connectivity index (χ0n) is 15.4. The van der Waals surface area contributed by atoms with Crippen molar-refractivity contribution in [3.63, 3.8) is 0 Å². The number of rotatable bonds is 4. The van der Waals surface area contributed by atoms with Crippen LogP contribution in [0.5, 0.6) is 0 Å². The Morgan fingerprint density at radius 3 is 1.75 bits per heavy atom. The first-order valence-corrected chi connectivity index (χ1v) is 11.4. The van der Waals surface area contributed by atoms with E-state index in [1.54, 1.807) is 25.1 Å². The molecule has 1 saturated heterocycles. The minimum Gasteiger partial charge on any atom is -0.207 e. The Balaban J connectivity index is 1.80. The molecule has 0 atom stereocenters. The number of benzene rings is 2. The number of hydrogen-bond donors (Lipinski definition) is 0. The van der Waals surface area contributed by atoms with Crippen LogP contribution in [-0.2, 0) is 20.0 Å². The molecule has 2 aromatic rings. The molecule has 10 heteroatoms. The zero-order valence-corrected chi connectivity index (χ0v) is 17.0. The summed E-state index contributed by atoms with van der Waals surface area (Å²) in [6, 6.07) is 7.10. The highest BCUT2D eigenvalue weighted by Gasteiger charge is 2.34. The van der Waals surface area contributed by atoms with Gasteiger partial charge in [-0.15, -0.1) is 0 Å². The van der Waals surface area contributed by atoms with Gasteiger partial charge in [-0.05, 0) is 37.6 Å². The van der Waals surface area contributed by atoms with Gasteiger partial charge in [-0.25, -0.2) is 25.6 Å². The highest BCUT2D eigenvalue weighted by Crippen LogP contribution is 2.25. The van der Waals surface area contributed by atoms with Crippen LogP contribution in [0.4, 0.5) is 8.78 Å². The van der Waals surface area contributed by atoms with Crippen LogP contribution in [0.25, 0.3) is 0 Å². The molecule has 28 heavy (non-hydrogen) atoms. The van der Waals surface area contributed by atoms with Crippen molar-refractivity contribution in [1.82, 2.24) is 8.61 Å². The Morgan fingerprint density at radius 2 is 1.25 bits per heavy atom. The van der Waals surface area contributed by atoms with Crippen LogP contribution in [0.3, 0.4) is 0 Å². The molecule has 0 radical (unpaired) electrons. The lowest BCUT2D eigenvalue weighted by molar-refractivity contribution is 0.272. The predicted octanol–water partition coefficient (Wildman–Crippen LogP) is 2.28. The second kappa shape index (κ2) is 7.51. The third-order valence-corrected chi connectivity index (χ3v) is 8.55. The summed E-state index contributed by atoms with van der Waals surface area (Å²) in [6.07, 6.45) is 0. The van der Waals surface area contributed by atoms with E-state index in [2.05, 4.69) is 0 Å². The van der Waals surface area contributed by atoms with E-state index in [4.69, 9.17) is 0 Å². The average Bonchev–Trinajstić information content (AvgIpc) is 2.60. The van der Waals surface area contributed by atoms with Crippen molar-refractivity contribution < 1.29 is 25.6 Å². The topological polar surface area (TPSA) is 74.8 Å². The van der Waals surface area contributed by atoms with Crippen LogP contribution in [0, 0.1) is 25.5 Å². The maximum atomic E-state index is 13.4. The van der Waals surface area contributed by atoms with E-state index in [1.807, 2.05) is 6.92 Å². The minimum absolute atomic E-state index is 0.0489. The molecule has 0 saturated carbocycles. The van der Waals surface area contributed by atoms with Crippen molar-refractivity contribution in [2.24, 2.45) is 0 Å². The summed E-state index contributed by atoms with van der Waals surface area (Å²) in [7, 11) is -7.89. The van der Waals surface area contributed by atoms with Crippen LogP contribution in [0.15, 0.2) is 46.2 Å². The van der Waals surface area contributed by atoms with E-state index < -0.39 is 36.6 Å². The lowest BCUT2D eigenvalue weighted by Gasteiger charge is -2.33. The monoisotopic (exact) mass is 430 g/mol. The Labute approximate surface area is 163 Å². The third-order valence-electron chi connectivity index (χ3n) is 4.62. The van der Waals surface area contributed by atoms with E-state index in [0.717, 1.165) is 22.0 Å². The van der Waals surface area contributed by atoms with E-state index in [-0.39, 0.29) is 31.1 Å². The van der Waals surface area contributed by atoms with E-state index in [0.29, 0.717) is 11.6 Å². The van der Waals surface area contributed by atoms with Crippen molar-refractivity contribution in [2.75, 3.05) is 26.2 Å². The van der Waals surface area contributed by atoms with Gasteiger partial charge in [-0.2, -0.15) is 8.61 Å². The second-order valence-electron chi connectivity index (χ2n) is 6.68. The van der Waals surface area contributed by atoms with Crippen LogP contribution in [0.2, 0.25) is 0 Å². The molecule has 6 nitrogen and oxygen atoms in total. The average molecular weight is 430 g/mol. The summed E-state index contributed by atoms with van der Waals surface area (Å²) in [5.41, 5.74) is 1.56. The first-order chi connectivity index (χ1) is 13.0. The maximum Gasteiger partial charge on any atom is 0.243 e. The van der Waals surface area contributed by atoms with Gasteiger partial charge in [0.2, 0.25) is 20.0 Å². The lowest BCUT2D eigenvalue weighted by atomic mass is 10.2. The number of aryl methyl sites for hydroxylation is 2. The molecule has 1 heterocycles. The number of hydrogen-bond acceptors (Lipinski definition) is 4. The molecule has 0 unspecified atom stereocenters. The molecule has 0 aliphatic carbocycles. The first-order valence-electron chi connectivity index (χ1n) is 8.55. The second-order valence-corrected chi connectivity index (χ2v) is 10.5. The van der Waals surface area contributed by atoms with Gasteiger partial charge in [0.15, 0.2) is 0 Å². The number of sulfonamides is 2. The van der Waals surface area contributed by atoms with Gasteiger partial charge in [0.1, 0.15) is 11.6 Å². The Bertz CT molecular complexity index is 1090. The quantitative estimate of drug-likeness (QED) is 0.746. The van der Waals surface area contributed by atoms with E-state index in [1.165, 1.54) is 4.31 Å². The molecule has 152 valence electrons. The van der Waals surface area contributed by atoms with Crippen LogP contribution >= 0.6 is 0 Å². The number of piperazine rings is 1. The van der Waals surface area contributed by atoms with E-state index >= 15 is 0 Å². The number of nitrogens with zero attached hydrogens (tertiary/aromatic N) is 2. The standard InChI is InChI=1S/C18H20F2N2O4S2/c1-13-3-4-18(14(2)9-13)28(25,26)22-7-5-21(6-8-22)27(23,24)17-11-15(19)10-16(20)12-17/h3-4,9-12H,5-8H2,1-2H3. The largest absolute Gasteiger partial charge is 0.243 e. The summed E-state index contributed by atoms with van der Waals surface area (Å²) < 4.78 is 80.1. The summed E-state index contributed by atoms with van der Waals surface area (Å²) in [4.78, 5) is -0.308. The van der Waals surface area contributed by atoms with Gasteiger partial charge < -0.3 is 0 Å². The van der Waals surface area contributed by atoms with Gasteiger partial charge in [0.05, 0.1) is 9.79 Å². The van der Waals surface area contributed by atoms with Crippen molar-refractivity contribution >= 4 is 20.0 Å². The van der Waals surface area contributed by atoms with Crippen LogP contribution in [0.1, 0.15) is 11.1 Å². The normalized spacial score (nSPS) is 17.0. The minimum atomic E-state index is -4.12. The summed E-state index contributed by atoms with van der Waals surface area (Å²) >= 11 is 0. The van der Waals surface area contributed by atoms with Crippen molar-refractivity contribution in [3.8, 4) is 0 Å². The molecule has 1 aliphatic heterocycles. The van der Waals surface area contributed by atoms with Crippen molar-refractivity contribution in [1.29, 1.82) is 0 Å². The van der Waals surface area contributed by atoms with Gasteiger partial charge in [-0.1, -0.05) is 17.7 Å². The highest BCUT2D eigenvalue weighted by atomic mass is 32.2. The van der Waals surface area contributed by atoms with Crippen LogP contribution in [-0.4, -0.2) is 51.6 Å². The molecule has 0 N–H and O–H groups in total. The molecule has 0 aromatic heterocycles. The summed E-state index contributed by atoms with van der Waals surface area (Å²) in [5.74, 6) is -1.98. The first kappa shape index (κ1) is 20.8. The molecule has 1 aliphatic rings. The molecular weight excluding hydrogens is 410 g/mol. The molecule has 0 bridgehead atoms. The molecule has 3 rings (SSSR count). The Kier molecular flexibility index (Phi) is 5.59. The predicted molar refractivity (Wildman–Crippen MR) is 99.8 cm³/mol. The molecule has 0 amide bonds. The van der Waals surface area contributed by atoms with E-state index in [9.17, 15) is 25.6 Å². The third kappa shape index (κ3) is 3.95. The molecule has 1 fully saturated rings. The fourth-order valence-electron chi connectivity index (χ4n) is 3.20. The highest BCUT2D eigenvalue weighted by molar-refractivity contribution is 7.89. The number of halogens is 2. The van der Waals surface area contributed by atoms with Gasteiger partial charge in [-0.3, -0.25) is 0 Å². The lowest BCUT2D eigenvalue weighted by Crippen LogP contribution is -2.50. The van der Waals surface area contributed by atoms with Gasteiger partial charge in [0.25, 0.3) is 0 Å². The van der Waals surface area contributed by atoms with Gasteiger partial charge in [0, 0.05) is 32.2 Å². The smallest absolute Gasteiger partial charge is 0.207 e. The SMILES string of the molecule is Cc1ccc(S(=O)(=O)N2CCN(S(=O)(=O)c3cc(F)cc(F)c3)CC2)c(C)c1. The molecule has 0 spiro atoms. The van der Waals surface area contributed by atoms with Crippen molar-refractivity contribution in [2.45, 2.75) is 23.6 Å². The summed E-state index contributed by atoms with van der Waals surface area (Å²) in [6.45, 7) is 3.26. The molecular formula is C18H20F2N2O4S2. The maximum absolute atomic E-state index is 13.4. The fraction of sp³-hybridized carbons (Fsp3) is 0.333. The zero-order chi connectivity index (χ0) is 20.7.